The molecule has 0 aliphatic carbocycles. The molecule has 0 N–H and O–H groups in total. The van der Waals surface area contributed by atoms with E-state index in [0.29, 0.717) is 0 Å². The van der Waals surface area contributed by atoms with Crippen LogP contribution in [0.4, 0.5) is 0 Å². The average Bonchev–Trinajstić information content (AvgIpc) is 0. The van der Waals surface area contributed by atoms with E-state index in [1.54, 1.807) is 0 Å². The maximum Gasteiger partial charge on any atom is 0 e. The van der Waals surface area contributed by atoms with Crippen molar-refractivity contribution in [2.75, 3.05) is 0 Å². The van der Waals surface area contributed by atoms with Crippen LogP contribution in [-0.4, -0.2) is 10.1 Å². The Balaban J connectivity index is 0. The third-order valence-electron chi connectivity index (χ3n) is 0. The maximum atomic E-state index is 0. The fraction of sp³-hybridized carbons (Fsp3) is 0. The molecule has 2 radical (unpaired) electrons. The van der Waals surface area contributed by atoms with E-state index < -0.39 is 0 Å². The first-order valence-electron chi connectivity index (χ1n) is 0. The van der Waals surface area contributed by atoms with Gasteiger partial charge in [0.15, 0.2) is 0 Å². The van der Waals surface area contributed by atoms with Gasteiger partial charge in [0.1, 0.15) is 0 Å². The second-order valence-corrected chi connectivity index (χ2v) is 0. The van der Waals surface area contributed by atoms with E-state index in [0.717, 1.165) is 0 Å². The van der Waals surface area contributed by atoms with Crippen LogP contribution >= 0.6 is 0 Å². The van der Waals surface area contributed by atoms with E-state index in [1.807, 2.05) is 0 Å². The summed E-state index contributed by atoms with van der Waals surface area (Å²) in [7, 11) is 0. The molecule has 0 atom stereocenters. The summed E-state index contributed by atoms with van der Waals surface area (Å²) in [5, 5.41) is 0. The van der Waals surface area contributed by atoms with Crippen molar-refractivity contribution >= 4 is 10.1 Å². The molecule has 0 unspecified atom stereocenters. The van der Waals surface area contributed by atoms with Gasteiger partial charge in [-0.1, -0.05) is 0 Å². The molecule has 5 heavy (non-hydrogen) atoms. The van der Waals surface area contributed by atoms with Gasteiger partial charge in [-0.3, -0.25) is 0 Å². The molecule has 0 saturated heterocycles. The van der Waals surface area contributed by atoms with Gasteiger partial charge in [-0.2, -0.15) is 0 Å². The number of hydrogen-bond donors (Lipinski definition) is 0. The van der Waals surface area contributed by atoms with Gasteiger partial charge in [-0.15, -0.1) is 0 Å². The number of rotatable bonds is 0. The average molecular weight is 85.0 g/mol. The zero-order chi connectivity index (χ0) is 0. The van der Waals surface area contributed by atoms with Crippen LogP contribution in [0, 0.1) is 0 Å². The molecule has 0 saturated carbocycles. The normalized spacial score (nSPS) is 0. The van der Waals surface area contributed by atoms with Crippen molar-refractivity contribution < 1.29 is 18.8 Å². The standard InChI is InChI=1S/Be.4FH/h;4*1H/p-4. The van der Waals surface area contributed by atoms with E-state index in [1.165, 1.54) is 0 Å². The van der Waals surface area contributed by atoms with Crippen LogP contribution in [0.3, 0.4) is 0 Å². The van der Waals surface area contributed by atoms with Gasteiger partial charge in [0.2, 0.25) is 0 Å². The molecule has 0 aromatic rings. The summed E-state index contributed by atoms with van der Waals surface area (Å²) >= 11 is 0. The Morgan fingerprint density at radius 3 is 0.400 bits per heavy atom. The fourth-order valence-electron chi connectivity index (χ4n) is 0. The first-order valence-corrected chi connectivity index (χ1v) is 0. The van der Waals surface area contributed by atoms with Gasteiger partial charge < -0.3 is 18.8 Å². The van der Waals surface area contributed by atoms with Crippen molar-refractivity contribution in [3.8, 4) is 0 Å². The van der Waals surface area contributed by atoms with Crippen molar-refractivity contribution in [3.63, 3.8) is 0 Å². The number of hydrogen-bond acceptors (Lipinski definition) is 0. The molecule has 0 aromatic heterocycles. The van der Waals surface area contributed by atoms with Gasteiger partial charge >= 0.3 is 0 Å². The van der Waals surface area contributed by atoms with E-state index in [9.17, 15) is 0 Å². The molecule has 0 bridgehead atoms. The molecule has 0 nitrogen and oxygen atoms in total. The zero-order valence-electron chi connectivity index (χ0n) is 2.22. The van der Waals surface area contributed by atoms with Crippen molar-refractivity contribution in [1.29, 1.82) is 0 Å². The predicted octanol–water partition coefficient (Wildman–Crippen LogP) is -12.4. The minimum absolute atomic E-state index is 0. The van der Waals surface area contributed by atoms with Crippen LogP contribution in [0.25, 0.3) is 0 Å². The molecule has 0 fully saturated rings. The van der Waals surface area contributed by atoms with Gasteiger partial charge in [0, 0.05) is 10.1 Å². The Morgan fingerprint density at radius 1 is 0.400 bits per heavy atom. The minimum Gasteiger partial charge on any atom is -1.00 e. The third-order valence-corrected chi connectivity index (χ3v) is 0. The Hall–Kier alpha value is -0.111. The summed E-state index contributed by atoms with van der Waals surface area (Å²) in [5.41, 5.74) is 0. The summed E-state index contributed by atoms with van der Waals surface area (Å²) in [5.74, 6) is 0. The molecule has 0 aromatic carbocycles. The minimum atomic E-state index is 0. The Kier molecular flexibility index (Phi) is 3140000. The molecule has 34 valence electrons. The molecule has 0 rings (SSSR count). The van der Waals surface area contributed by atoms with Crippen LogP contribution in [0.15, 0.2) is 0 Å². The first-order chi connectivity index (χ1) is 0. The van der Waals surface area contributed by atoms with Crippen LogP contribution in [-0.2, 0) is 0 Å². The molecular weight excluding hydrogens is 85.0 g/mol. The molecule has 0 spiro atoms. The summed E-state index contributed by atoms with van der Waals surface area (Å²) in [4.78, 5) is 0. The number of halogens is 4. The first kappa shape index (κ1) is 5980. The van der Waals surface area contributed by atoms with Crippen LogP contribution < -0.4 is 18.8 Å². The smallest absolute Gasteiger partial charge is 0 e. The summed E-state index contributed by atoms with van der Waals surface area (Å²) < 4.78 is 0. The summed E-state index contributed by atoms with van der Waals surface area (Å²) in [6, 6.07) is 0. The fourth-order valence-corrected chi connectivity index (χ4v) is 0. The van der Waals surface area contributed by atoms with E-state index in [2.05, 4.69) is 0 Å². The Morgan fingerprint density at radius 2 is 0.400 bits per heavy atom. The predicted molar refractivity (Wildman–Crippen MR) is 5.75 cm³/mol. The van der Waals surface area contributed by atoms with Gasteiger partial charge in [0.25, 0.3) is 0 Å². The largest absolute Gasteiger partial charge is 1.00 e. The van der Waals surface area contributed by atoms with Crippen molar-refractivity contribution in [2.24, 2.45) is 0 Å². The second-order valence-electron chi connectivity index (χ2n) is 0. The van der Waals surface area contributed by atoms with Crippen LogP contribution in [0.1, 0.15) is 0 Å². The van der Waals surface area contributed by atoms with Gasteiger partial charge in [0.05, 0.1) is 0 Å². The Labute approximate surface area is 30.2 Å². The topological polar surface area (TPSA) is 0 Å². The molecule has 0 aliphatic heterocycles. The molecular formula is BeF4-4. The maximum absolute atomic E-state index is 0. The second kappa shape index (κ2) is 2630. The van der Waals surface area contributed by atoms with E-state index in [4.69, 9.17) is 0 Å². The van der Waals surface area contributed by atoms with E-state index in [-0.39, 0.29) is 28.9 Å². The SMILES string of the molecule is [Be].[F-].[F-].[F-].[F-]. The third kappa shape index (κ3) is 1120. The molecule has 0 heterocycles. The van der Waals surface area contributed by atoms with Crippen LogP contribution in [0.2, 0.25) is 0 Å². The molecule has 0 amide bonds. The monoisotopic (exact) mass is 85.0 g/mol. The van der Waals surface area contributed by atoms with E-state index >= 15 is 0 Å². The molecule has 5 heteroatoms. The quantitative estimate of drug-likeness (QED) is 0.202. The zero-order valence-corrected chi connectivity index (χ0v) is 2.22. The van der Waals surface area contributed by atoms with Gasteiger partial charge in [-0.05, 0) is 0 Å². The summed E-state index contributed by atoms with van der Waals surface area (Å²) in [6.07, 6.45) is 0. The van der Waals surface area contributed by atoms with Gasteiger partial charge in [-0.25, -0.2) is 0 Å². The van der Waals surface area contributed by atoms with Crippen molar-refractivity contribution in [3.05, 3.63) is 0 Å². The Bertz CT molecular complexity index is 3.61. The van der Waals surface area contributed by atoms with Crippen LogP contribution in [0.5, 0.6) is 0 Å². The van der Waals surface area contributed by atoms with Crippen molar-refractivity contribution in [1.82, 2.24) is 0 Å². The molecule has 0 aliphatic rings. The van der Waals surface area contributed by atoms with Crippen molar-refractivity contribution in [2.45, 2.75) is 0 Å². The summed E-state index contributed by atoms with van der Waals surface area (Å²) in [6.45, 7) is 0.